The molecule has 9 heteroatoms. The monoisotopic (exact) mass is 472 g/mol. The van der Waals surface area contributed by atoms with Gasteiger partial charge < -0.3 is 30.9 Å². The summed E-state index contributed by atoms with van der Waals surface area (Å²) >= 11 is 0. The maximum absolute atomic E-state index is 12.7. The molecule has 34 heavy (non-hydrogen) atoms. The van der Waals surface area contributed by atoms with Crippen molar-refractivity contribution >= 4 is 29.3 Å². The fourth-order valence-electron chi connectivity index (χ4n) is 3.91. The highest BCUT2D eigenvalue weighted by molar-refractivity contribution is 5.94. The molecule has 3 rings (SSSR count). The molecular formula is C25H40N6O3. The van der Waals surface area contributed by atoms with E-state index in [2.05, 4.69) is 43.3 Å². The second-order valence-corrected chi connectivity index (χ2v) is 10.4. The Bertz CT molecular complexity index is 858. The van der Waals surface area contributed by atoms with Gasteiger partial charge in [0.25, 0.3) is 0 Å². The van der Waals surface area contributed by atoms with Crippen LogP contribution in [-0.4, -0.2) is 63.3 Å². The Morgan fingerprint density at radius 2 is 2.03 bits per heavy atom. The Balaban J connectivity index is 1.39. The Labute approximate surface area is 203 Å². The van der Waals surface area contributed by atoms with Crippen molar-refractivity contribution in [3.8, 4) is 0 Å². The van der Waals surface area contributed by atoms with Gasteiger partial charge >= 0.3 is 6.09 Å². The van der Waals surface area contributed by atoms with Gasteiger partial charge in [0.15, 0.2) is 5.96 Å². The standard InChI is InChI=1S/C25H40N6O3/c1-18(29-24(33)34-17-25(2,3)4)16-28-22(32)19-9-13-31(14-10-19)21-8-5-7-20(15-21)30-23-26-11-6-12-27-23/h5,7-8,15,18-19H,6,9-14,16-17H2,1-4H3,(H,28,32)(H,29,33)(H2,26,27,30)/t18-/m0/s1. The summed E-state index contributed by atoms with van der Waals surface area (Å²) < 4.78 is 5.22. The number of ether oxygens (including phenoxy) is 1. The number of aliphatic imine (C=N–C) groups is 1. The molecule has 188 valence electrons. The third-order valence-corrected chi connectivity index (χ3v) is 5.82. The number of carbonyl (C=O) groups excluding carboxylic acids is 2. The number of amides is 2. The number of benzene rings is 1. The average Bonchev–Trinajstić information content (AvgIpc) is 2.82. The summed E-state index contributed by atoms with van der Waals surface area (Å²) in [5.41, 5.74) is 2.07. The van der Waals surface area contributed by atoms with E-state index in [1.54, 1.807) is 0 Å². The van der Waals surface area contributed by atoms with Crippen LogP contribution in [0.25, 0.3) is 0 Å². The SMILES string of the molecule is C[C@@H](CNC(=O)C1CCN(c2cccc(NC3=NCCCN3)c2)CC1)NC(=O)OCC(C)(C)C. The number of carbonyl (C=O) groups is 2. The second-order valence-electron chi connectivity index (χ2n) is 10.4. The molecule has 0 unspecified atom stereocenters. The highest BCUT2D eigenvalue weighted by Gasteiger charge is 2.25. The number of hydrogen-bond acceptors (Lipinski definition) is 7. The van der Waals surface area contributed by atoms with Gasteiger partial charge in [0.05, 0.1) is 6.61 Å². The third-order valence-electron chi connectivity index (χ3n) is 5.82. The molecule has 9 nitrogen and oxygen atoms in total. The smallest absolute Gasteiger partial charge is 0.407 e. The Morgan fingerprint density at radius 3 is 2.71 bits per heavy atom. The van der Waals surface area contributed by atoms with Crippen LogP contribution in [-0.2, 0) is 9.53 Å². The summed E-state index contributed by atoms with van der Waals surface area (Å²) in [6, 6.07) is 8.12. The van der Waals surface area contributed by atoms with E-state index in [1.165, 1.54) is 0 Å². The topological polar surface area (TPSA) is 107 Å². The molecule has 1 aromatic rings. The second kappa shape index (κ2) is 11.9. The molecule has 0 radical (unpaired) electrons. The zero-order chi connectivity index (χ0) is 24.6. The van der Waals surface area contributed by atoms with Gasteiger partial charge in [-0.25, -0.2) is 4.79 Å². The van der Waals surface area contributed by atoms with Crippen LogP contribution in [0.5, 0.6) is 0 Å². The quantitative estimate of drug-likeness (QED) is 0.486. The summed E-state index contributed by atoms with van der Waals surface area (Å²) in [5, 5.41) is 12.4. The molecule has 2 amide bonds. The zero-order valence-corrected chi connectivity index (χ0v) is 20.9. The number of piperidine rings is 1. The highest BCUT2D eigenvalue weighted by atomic mass is 16.5. The van der Waals surface area contributed by atoms with E-state index < -0.39 is 6.09 Å². The van der Waals surface area contributed by atoms with Crippen molar-refractivity contribution in [2.45, 2.75) is 53.0 Å². The van der Waals surface area contributed by atoms with Crippen LogP contribution < -0.4 is 26.2 Å². The van der Waals surface area contributed by atoms with Gasteiger partial charge in [0.1, 0.15) is 0 Å². The molecule has 1 fully saturated rings. The number of nitrogens with zero attached hydrogens (tertiary/aromatic N) is 2. The van der Waals surface area contributed by atoms with Crippen LogP contribution in [0.4, 0.5) is 16.2 Å². The lowest BCUT2D eigenvalue weighted by Gasteiger charge is -2.33. The molecule has 4 N–H and O–H groups in total. The lowest BCUT2D eigenvalue weighted by Crippen LogP contribution is -2.46. The number of rotatable bonds is 7. The van der Waals surface area contributed by atoms with Crippen molar-refractivity contribution in [1.82, 2.24) is 16.0 Å². The normalized spacial score (nSPS) is 17.8. The predicted octanol–water partition coefficient (Wildman–Crippen LogP) is 2.94. The van der Waals surface area contributed by atoms with Crippen LogP contribution in [0, 0.1) is 11.3 Å². The summed E-state index contributed by atoms with van der Waals surface area (Å²) in [5.74, 6) is 0.858. The van der Waals surface area contributed by atoms with E-state index in [0.29, 0.717) is 13.2 Å². The Morgan fingerprint density at radius 1 is 1.26 bits per heavy atom. The number of alkyl carbamates (subject to hydrolysis) is 1. The molecule has 2 heterocycles. The van der Waals surface area contributed by atoms with Gasteiger partial charge in [-0.15, -0.1) is 0 Å². The van der Waals surface area contributed by atoms with Crippen LogP contribution in [0.3, 0.4) is 0 Å². The molecule has 0 bridgehead atoms. The summed E-state index contributed by atoms with van der Waals surface area (Å²) in [6.07, 6.45) is 2.21. The van der Waals surface area contributed by atoms with Crippen molar-refractivity contribution in [3.63, 3.8) is 0 Å². The molecule has 0 spiro atoms. The van der Waals surface area contributed by atoms with Gasteiger partial charge in [0, 0.05) is 56.1 Å². The molecule has 2 aliphatic heterocycles. The Kier molecular flexibility index (Phi) is 9.01. The number of anilines is 2. The molecule has 1 atom stereocenters. The summed E-state index contributed by atoms with van der Waals surface area (Å²) in [4.78, 5) is 31.3. The third kappa shape index (κ3) is 8.43. The van der Waals surface area contributed by atoms with Crippen molar-refractivity contribution in [1.29, 1.82) is 0 Å². The maximum Gasteiger partial charge on any atom is 0.407 e. The minimum Gasteiger partial charge on any atom is -0.449 e. The molecule has 0 saturated carbocycles. The lowest BCUT2D eigenvalue weighted by molar-refractivity contribution is -0.125. The maximum atomic E-state index is 12.7. The van der Waals surface area contributed by atoms with Gasteiger partial charge in [-0.2, -0.15) is 0 Å². The number of hydrogen-bond donors (Lipinski definition) is 4. The summed E-state index contributed by atoms with van der Waals surface area (Å²) in [6.45, 7) is 12.1. The Hall–Kier alpha value is -2.97. The first-order chi connectivity index (χ1) is 16.2. The van der Waals surface area contributed by atoms with Crippen LogP contribution in [0.1, 0.15) is 47.0 Å². The minimum absolute atomic E-state index is 0.0154. The fraction of sp³-hybridized carbons (Fsp3) is 0.640. The van der Waals surface area contributed by atoms with Crippen molar-refractivity contribution in [3.05, 3.63) is 24.3 Å². The van der Waals surface area contributed by atoms with E-state index >= 15 is 0 Å². The van der Waals surface area contributed by atoms with Crippen LogP contribution in [0.15, 0.2) is 29.3 Å². The number of nitrogens with one attached hydrogen (secondary N) is 4. The minimum atomic E-state index is -0.451. The van der Waals surface area contributed by atoms with Crippen LogP contribution in [0.2, 0.25) is 0 Å². The van der Waals surface area contributed by atoms with Crippen molar-refractivity contribution < 1.29 is 14.3 Å². The molecule has 1 aromatic carbocycles. The van der Waals surface area contributed by atoms with Gasteiger partial charge in [-0.05, 0) is 49.8 Å². The first-order valence-electron chi connectivity index (χ1n) is 12.3. The zero-order valence-electron chi connectivity index (χ0n) is 20.9. The summed E-state index contributed by atoms with van der Waals surface area (Å²) in [7, 11) is 0. The van der Waals surface area contributed by atoms with Gasteiger partial charge in [0.2, 0.25) is 5.91 Å². The predicted molar refractivity (Wildman–Crippen MR) is 136 cm³/mol. The van der Waals surface area contributed by atoms with Crippen LogP contribution >= 0.6 is 0 Å². The largest absolute Gasteiger partial charge is 0.449 e. The highest BCUT2D eigenvalue weighted by Crippen LogP contribution is 2.25. The first-order valence-corrected chi connectivity index (χ1v) is 12.3. The van der Waals surface area contributed by atoms with Crippen molar-refractivity contribution in [2.24, 2.45) is 16.3 Å². The fourth-order valence-corrected chi connectivity index (χ4v) is 3.91. The molecule has 0 aliphatic carbocycles. The van der Waals surface area contributed by atoms with Gasteiger partial charge in [-0.1, -0.05) is 26.8 Å². The molecule has 2 aliphatic rings. The van der Waals surface area contributed by atoms with Gasteiger partial charge in [-0.3, -0.25) is 9.79 Å². The molecule has 0 aromatic heterocycles. The first kappa shape index (κ1) is 25.6. The molecule has 1 saturated heterocycles. The lowest BCUT2D eigenvalue weighted by atomic mass is 9.95. The number of guanidine groups is 1. The van der Waals surface area contributed by atoms with E-state index in [1.807, 2.05) is 39.8 Å². The van der Waals surface area contributed by atoms with E-state index in [9.17, 15) is 9.59 Å². The van der Waals surface area contributed by atoms with E-state index in [0.717, 1.165) is 62.8 Å². The molecular weight excluding hydrogens is 432 g/mol. The van der Waals surface area contributed by atoms with E-state index in [4.69, 9.17) is 4.74 Å². The van der Waals surface area contributed by atoms with E-state index in [-0.39, 0.29) is 23.3 Å². The van der Waals surface area contributed by atoms with Crippen molar-refractivity contribution in [2.75, 3.05) is 49.5 Å². The average molecular weight is 473 g/mol.